The molecule has 0 radical (unpaired) electrons. The Morgan fingerprint density at radius 1 is 1.20 bits per heavy atom. The third-order valence-corrected chi connectivity index (χ3v) is 3.29. The van der Waals surface area contributed by atoms with E-state index in [2.05, 4.69) is 18.7 Å². The minimum absolute atomic E-state index is 0.347. The van der Waals surface area contributed by atoms with Crippen molar-refractivity contribution in [2.24, 2.45) is 5.92 Å². The summed E-state index contributed by atoms with van der Waals surface area (Å²) < 4.78 is 0. The maximum absolute atomic E-state index is 8.81. The van der Waals surface area contributed by atoms with Crippen LogP contribution < -0.4 is 0 Å². The lowest BCUT2D eigenvalue weighted by Crippen LogP contribution is -2.37. The first-order valence-electron chi connectivity index (χ1n) is 6.59. The molecule has 1 N–H and O–H groups in total. The molecule has 2 nitrogen and oxygen atoms in total. The third-order valence-electron chi connectivity index (χ3n) is 3.29. The minimum Gasteiger partial charge on any atom is -0.396 e. The molecule has 0 heterocycles. The number of aliphatic hydroxyl groups excluding tert-OH is 1. The second-order valence-electron chi connectivity index (χ2n) is 5.26. The molecule has 1 aliphatic carbocycles. The zero-order chi connectivity index (χ0) is 11.1. The van der Waals surface area contributed by atoms with Crippen molar-refractivity contribution in [2.45, 2.75) is 58.4 Å². The fraction of sp³-hybridized carbons (Fsp3) is 1.00. The van der Waals surface area contributed by atoms with Gasteiger partial charge in [-0.05, 0) is 38.1 Å². The Kier molecular flexibility index (Phi) is 6.26. The van der Waals surface area contributed by atoms with E-state index in [1.165, 1.54) is 38.8 Å². The van der Waals surface area contributed by atoms with Crippen LogP contribution in [0.4, 0.5) is 0 Å². The number of aliphatic hydroxyl groups is 1. The fourth-order valence-corrected chi connectivity index (χ4v) is 2.59. The van der Waals surface area contributed by atoms with Gasteiger partial charge in [-0.1, -0.05) is 26.7 Å². The van der Waals surface area contributed by atoms with Crippen LogP contribution in [0.3, 0.4) is 0 Å². The Bertz CT molecular complexity index is 153. The van der Waals surface area contributed by atoms with Crippen molar-refractivity contribution in [3.63, 3.8) is 0 Å². The van der Waals surface area contributed by atoms with E-state index < -0.39 is 0 Å². The van der Waals surface area contributed by atoms with Crippen LogP contribution in [0.2, 0.25) is 0 Å². The SMILES string of the molecule is CC(C)CN(CCCCO)C1CCCC1. The second-order valence-corrected chi connectivity index (χ2v) is 5.26. The molecule has 1 rings (SSSR count). The summed E-state index contributed by atoms with van der Waals surface area (Å²) in [6, 6.07) is 0.839. The van der Waals surface area contributed by atoms with Crippen LogP contribution in [0, 0.1) is 5.92 Å². The maximum atomic E-state index is 8.81. The summed E-state index contributed by atoms with van der Waals surface area (Å²) in [4.78, 5) is 2.66. The molecule has 1 aliphatic rings. The average molecular weight is 213 g/mol. The molecular formula is C13H27NO. The van der Waals surface area contributed by atoms with Gasteiger partial charge >= 0.3 is 0 Å². The fourth-order valence-electron chi connectivity index (χ4n) is 2.59. The van der Waals surface area contributed by atoms with E-state index in [1.807, 2.05) is 0 Å². The van der Waals surface area contributed by atoms with E-state index in [-0.39, 0.29) is 0 Å². The lowest BCUT2D eigenvalue weighted by molar-refractivity contribution is 0.168. The summed E-state index contributed by atoms with van der Waals surface area (Å²) in [5, 5.41) is 8.81. The molecule has 1 fully saturated rings. The van der Waals surface area contributed by atoms with Crippen LogP contribution in [0.1, 0.15) is 52.4 Å². The number of hydrogen-bond donors (Lipinski definition) is 1. The number of nitrogens with zero attached hydrogens (tertiary/aromatic N) is 1. The van der Waals surface area contributed by atoms with E-state index in [4.69, 9.17) is 5.11 Å². The third kappa shape index (κ3) is 4.98. The predicted octanol–water partition coefficient (Wildman–Crippen LogP) is 2.66. The van der Waals surface area contributed by atoms with Gasteiger partial charge in [0.05, 0.1) is 0 Å². The van der Waals surface area contributed by atoms with E-state index in [1.54, 1.807) is 0 Å². The topological polar surface area (TPSA) is 23.5 Å². The van der Waals surface area contributed by atoms with Gasteiger partial charge in [-0.15, -0.1) is 0 Å². The van der Waals surface area contributed by atoms with Gasteiger partial charge in [0.15, 0.2) is 0 Å². The van der Waals surface area contributed by atoms with Gasteiger partial charge in [0.2, 0.25) is 0 Å². The molecule has 90 valence electrons. The average Bonchev–Trinajstić information content (AvgIpc) is 2.68. The van der Waals surface area contributed by atoms with Gasteiger partial charge in [-0.2, -0.15) is 0 Å². The van der Waals surface area contributed by atoms with Gasteiger partial charge in [-0.25, -0.2) is 0 Å². The molecule has 15 heavy (non-hydrogen) atoms. The van der Waals surface area contributed by atoms with Crippen LogP contribution in [-0.2, 0) is 0 Å². The molecule has 0 aromatic rings. The molecule has 0 unspecified atom stereocenters. The summed E-state index contributed by atoms with van der Waals surface area (Å²) in [6.07, 6.45) is 7.73. The Morgan fingerprint density at radius 2 is 1.87 bits per heavy atom. The lowest BCUT2D eigenvalue weighted by Gasteiger charge is -2.30. The highest BCUT2D eigenvalue weighted by molar-refractivity contribution is 4.78. The van der Waals surface area contributed by atoms with Crippen LogP contribution in [0.25, 0.3) is 0 Å². The van der Waals surface area contributed by atoms with Crippen molar-refractivity contribution in [1.82, 2.24) is 4.90 Å². The summed E-state index contributed by atoms with van der Waals surface area (Å²) in [7, 11) is 0. The number of hydrogen-bond acceptors (Lipinski definition) is 2. The summed E-state index contributed by atoms with van der Waals surface area (Å²) in [6.45, 7) is 7.36. The van der Waals surface area contributed by atoms with Crippen molar-refractivity contribution in [3.05, 3.63) is 0 Å². The number of rotatable bonds is 7. The first-order chi connectivity index (χ1) is 7.24. The Morgan fingerprint density at radius 3 is 2.40 bits per heavy atom. The van der Waals surface area contributed by atoms with Gasteiger partial charge in [0.1, 0.15) is 0 Å². The Labute approximate surface area is 94.7 Å². The van der Waals surface area contributed by atoms with E-state index in [0.717, 1.165) is 24.8 Å². The molecule has 0 aromatic carbocycles. The van der Waals surface area contributed by atoms with Crippen LogP contribution >= 0.6 is 0 Å². The molecule has 2 heteroatoms. The van der Waals surface area contributed by atoms with E-state index in [9.17, 15) is 0 Å². The smallest absolute Gasteiger partial charge is 0.0431 e. The molecule has 0 saturated heterocycles. The normalized spacial score (nSPS) is 18.2. The predicted molar refractivity (Wildman–Crippen MR) is 65.0 cm³/mol. The van der Waals surface area contributed by atoms with Crippen LogP contribution in [0.5, 0.6) is 0 Å². The van der Waals surface area contributed by atoms with Crippen LogP contribution in [0.15, 0.2) is 0 Å². The van der Waals surface area contributed by atoms with E-state index >= 15 is 0 Å². The van der Waals surface area contributed by atoms with Gasteiger partial charge < -0.3 is 10.0 Å². The van der Waals surface area contributed by atoms with Crippen molar-refractivity contribution in [3.8, 4) is 0 Å². The first-order valence-corrected chi connectivity index (χ1v) is 6.59. The monoisotopic (exact) mass is 213 g/mol. The van der Waals surface area contributed by atoms with Gasteiger partial charge in [0.25, 0.3) is 0 Å². The number of unbranched alkanes of at least 4 members (excludes halogenated alkanes) is 1. The highest BCUT2D eigenvalue weighted by atomic mass is 16.2. The van der Waals surface area contributed by atoms with Crippen molar-refractivity contribution < 1.29 is 5.11 Å². The van der Waals surface area contributed by atoms with Crippen molar-refractivity contribution >= 4 is 0 Å². The first kappa shape index (κ1) is 13.0. The maximum Gasteiger partial charge on any atom is 0.0431 e. The summed E-state index contributed by atoms with van der Waals surface area (Å²) in [5.41, 5.74) is 0. The van der Waals surface area contributed by atoms with Gasteiger partial charge in [0, 0.05) is 19.2 Å². The zero-order valence-electron chi connectivity index (χ0n) is 10.4. The van der Waals surface area contributed by atoms with Gasteiger partial charge in [-0.3, -0.25) is 0 Å². The summed E-state index contributed by atoms with van der Waals surface area (Å²) in [5.74, 6) is 0.764. The quantitative estimate of drug-likeness (QED) is 0.657. The molecule has 0 aliphatic heterocycles. The minimum atomic E-state index is 0.347. The zero-order valence-corrected chi connectivity index (χ0v) is 10.4. The molecule has 0 amide bonds. The Hall–Kier alpha value is -0.0800. The van der Waals surface area contributed by atoms with Crippen LogP contribution in [-0.4, -0.2) is 35.7 Å². The highest BCUT2D eigenvalue weighted by Gasteiger charge is 2.22. The summed E-state index contributed by atoms with van der Waals surface area (Å²) >= 11 is 0. The lowest BCUT2D eigenvalue weighted by atomic mass is 10.1. The molecule has 0 atom stereocenters. The molecular weight excluding hydrogens is 186 g/mol. The van der Waals surface area contributed by atoms with Crippen molar-refractivity contribution in [2.75, 3.05) is 19.7 Å². The van der Waals surface area contributed by atoms with Crippen molar-refractivity contribution in [1.29, 1.82) is 0 Å². The molecule has 1 saturated carbocycles. The molecule has 0 spiro atoms. The standard InChI is InChI=1S/C13H27NO/c1-12(2)11-14(9-5-6-10-15)13-7-3-4-8-13/h12-13,15H,3-11H2,1-2H3. The Balaban J connectivity index is 2.30. The van der Waals surface area contributed by atoms with E-state index in [0.29, 0.717) is 6.61 Å². The second kappa shape index (κ2) is 7.24. The molecule has 0 bridgehead atoms. The molecule has 0 aromatic heterocycles. The largest absolute Gasteiger partial charge is 0.396 e. The highest BCUT2D eigenvalue weighted by Crippen LogP contribution is 2.24.